The van der Waals surface area contributed by atoms with E-state index in [1.54, 1.807) is 11.1 Å². The van der Waals surface area contributed by atoms with Gasteiger partial charge in [-0.3, -0.25) is 0 Å². The van der Waals surface area contributed by atoms with E-state index in [4.69, 9.17) is 9.98 Å². The van der Waals surface area contributed by atoms with Crippen LogP contribution in [0, 0.1) is 0 Å². The quantitative estimate of drug-likeness (QED) is 0.201. The Kier molecular flexibility index (Phi) is 6.83. The van der Waals surface area contributed by atoms with Gasteiger partial charge in [-0.25, -0.2) is 9.98 Å². The zero-order valence-electron chi connectivity index (χ0n) is 29.3. The number of nitrogens with one attached hydrogen (secondary N) is 1. The Labute approximate surface area is 300 Å². The molecule has 10 rings (SSSR count). The molecular weight excluding hydrogens is 619 g/mol. The summed E-state index contributed by atoms with van der Waals surface area (Å²) in [7, 11) is 0. The van der Waals surface area contributed by atoms with Crippen LogP contribution in [0.15, 0.2) is 150 Å². The second-order valence-electron chi connectivity index (χ2n) is 15.3. The van der Waals surface area contributed by atoms with Crippen LogP contribution in [0.4, 0.5) is 0 Å². The van der Waals surface area contributed by atoms with Crippen molar-refractivity contribution in [1.29, 1.82) is 0 Å². The van der Waals surface area contributed by atoms with Crippen LogP contribution in [0.2, 0.25) is 0 Å². The predicted molar refractivity (Wildman–Crippen MR) is 211 cm³/mol. The van der Waals surface area contributed by atoms with Gasteiger partial charge in [0.05, 0.1) is 0 Å². The summed E-state index contributed by atoms with van der Waals surface area (Å²) in [6.45, 7) is 4.85. The van der Waals surface area contributed by atoms with Crippen molar-refractivity contribution in [3.05, 3.63) is 178 Å². The molecule has 1 heterocycles. The molecule has 4 aliphatic rings. The van der Waals surface area contributed by atoms with E-state index in [-0.39, 0.29) is 17.0 Å². The van der Waals surface area contributed by atoms with Gasteiger partial charge in [0, 0.05) is 22.0 Å². The van der Waals surface area contributed by atoms with E-state index < -0.39 is 0 Å². The van der Waals surface area contributed by atoms with Crippen molar-refractivity contribution in [2.24, 2.45) is 9.98 Å². The number of aliphatic imine (C=N–C) groups is 2. The van der Waals surface area contributed by atoms with Gasteiger partial charge in [0.25, 0.3) is 0 Å². The van der Waals surface area contributed by atoms with Gasteiger partial charge < -0.3 is 5.32 Å². The van der Waals surface area contributed by atoms with E-state index in [0.717, 1.165) is 28.4 Å². The molecule has 3 heteroatoms. The summed E-state index contributed by atoms with van der Waals surface area (Å²) in [5.74, 6) is 1.67. The van der Waals surface area contributed by atoms with Crippen molar-refractivity contribution in [3.63, 3.8) is 0 Å². The zero-order valence-corrected chi connectivity index (χ0v) is 29.3. The minimum atomic E-state index is -0.335. The Morgan fingerprint density at radius 1 is 0.471 bits per heavy atom. The van der Waals surface area contributed by atoms with Crippen LogP contribution in [0.1, 0.15) is 91.1 Å². The lowest BCUT2D eigenvalue weighted by Gasteiger charge is -2.36. The summed E-state index contributed by atoms with van der Waals surface area (Å²) < 4.78 is 0. The van der Waals surface area contributed by atoms with E-state index >= 15 is 0 Å². The number of nitrogens with zero attached hydrogens (tertiary/aromatic N) is 2. The summed E-state index contributed by atoms with van der Waals surface area (Å²) in [5, 5.41) is 3.50. The average Bonchev–Trinajstić information content (AvgIpc) is 3.58. The number of amidine groups is 2. The van der Waals surface area contributed by atoms with Gasteiger partial charge in [-0.15, -0.1) is 0 Å². The highest BCUT2D eigenvalue weighted by Gasteiger charge is 2.46. The maximum atomic E-state index is 5.08. The highest BCUT2D eigenvalue weighted by atomic mass is 15.2. The fraction of sp³-hybridized carbons (Fsp3) is 0.208. The van der Waals surface area contributed by atoms with Crippen molar-refractivity contribution in [2.45, 2.75) is 62.9 Å². The zero-order chi connectivity index (χ0) is 34.2. The van der Waals surface area contributed by atoms with Crippen LogP contribution in [0.5, 0.6) is 0 Å². The molecule has 248 valence electrons. The predicted octanol–water partition coefficient (Wildman–Crippen LogP) is 11.4. The van der Waals surface area contributed by atoms with Gasteiger partial charge in [-0.2, -0.15) is 0 Å². The standard InChI is InChI=1S/C48H41N3/c1-47(2)41-28-35(24-25-37(41)38-29-39-36-18-10-11-19-40(36)48(26-12-5-13-27-48)43(39)30-42(38)47)31-20-22-34(23-21-31)46-50-44(32-14-6-3-7-15-32)49-45(51-46)33-16-8-4-9-17-33/h3-4,6-11,14-25,28-30,46H,5,12-13,26-27H2,1-2H3,(H,49,50,51). The van der Waals surface area contributed by atoms with Crippen molar-refractivity contribution >= 4 is 11.7 Å². The second kappa shape index (κ2) is 11.5. The minimum absolute atomic E-state index is 0.0829. The normalized spacial score (nSPS) is 17.8. The first kappa shape index (κ1) is 30.3. The molecule has 3 nitrogen and oxygen atoms in total. The fourth-order valence-electron chi connectivity index (χ4n) is 9.49. The molecule has 0 aromatic heterocycles. The van der Waals surface area contributed by atoms with Crippen LogP contribution in [0.3, 0.4) is 0 Å². The molecule has 0 saturated heterocycles. The summed E-state index contributed by atoms with van der Waals surface area (Å²) >= 11 is 0. The molecule has 0 unspecified atom stereocenters. The largest absolute Gasteiger partial charge is 0.324 e. The van der Waals surface area contributed by atoms with E-state index in [2.05, 4.69) is 122 Å². The van der Waals surface area contributed by atoms with E-state index in [1.165, 1.54) is 76.6 Å². The Hall–Kier alpha value is -5.54. The van der Waals surface area contributed by atoms with Gasteiger partial charge in [0.15, 0.2) is 6.17 Å². The summed E-state index contributed by atoms with van der Waals surface area (Å²) in [5.41, 5.74) is 17.4. The van der Waals surface area contributed by atoms with E-state index in [9.17, 15) is 0 Å². The third-order valence-corrected chi connectivity index (χ3v) is 12.1. The highest BCUT2D eigenvalue weighted by Crippen LogP contribution is 2.59. The fourth-order valence-corrected chi connectivity index (χ4v) is 9.49. The first-order valence-electron chi connectivity index (χ1n) is 18.6. The second-order valence-corrected chi connectivity index (χ2v) is 15.3. The van der Waals surface area contributed by atoms with Crippen LogP contribution >= 0.6 is 0 Å². The molecule has 0 atom stereocenters. The summed E-state index contributed by atoms with van der Waals surface area (Å²) in [6.07, 6.45) is 6.17. The molecule has 6 aromatic rings. The molecule has 0 amide bonds. The summed E-state index contributed by atoms with van der Waals surface area (Å²) in [6, 6.07) is 51.0. The lowest BCUT2D eigenvalue weighted by molar-refractivity contribution is 0.352. The monoisotopic (exact) mass is 659 g/mol. The van der Waals surface area contributed by atoms with Crippen LogP contribution in [-0.4, -0.2) is 11.7 Å². The van der Waals surface area contributed by atoms with Crippen molar-refractivity contribution < 1.29 is 0 Å². The van der Waals surface area contributed by atoms with Crippen LogP contribution < -0.4 is 5.32 Å². The van der Waals surface area contributed by atoms with Crippen LogP contribution in [-0.2, 0) is 10.8 Å². The molecular formula is C48H41N3. The summed E-state index contributed by atoms with van der Waals surface area (Å²) in [4.78, 5) is 10.2. The molecule has 0 radical (unpaired) electrons. The third kappa shape index (κ3) is 4.71. The molecule has 3 aliphatic carbocycles. The van der Waals surface area contributed by atoms with E-state index in [0.29, 0.717) is 0 Å². The molecule has 1 saturated carbocycles. The van der Waals surface area contributed by atoms with Crippen molar-refractivity contribution in [1.82, 2.24) is 5.32 Å². The molecule has 1 fully saturated rings. The van der Waals surface area contributed by atoms with Crippen LogP contribution in [0.25, 0.3) is 33.4 Å². The Morgan fingerprint density at radius 3 is 1.73 bits per heavy atom. The number of fused-ring (bicyclic) bond motifs is 8. The van der Waals surface area contributed by atoms with Gasteiger partial charge in [-0.05, 0) is 86.2 Å². The average molecular weight is 660 g/mol. The number of benzene rings is 6. The van der Waals surface area contributed by atoms with Crippen molar-refractivity contribution in [3.8, 4) is 33.4 Å². The van der Waals surface area contributed by atoms with Gasteiger partial charge in [-0.1, -0.05) is 161 Å². The topological polar surface area (TPSA) is 36.8 Å². The number of hydrogen-bond donors (Lipinski definition) is 1. The molecule has 1 N–H and O–H groups in total. The molecule has 0 bridgehead atoms. The maximum absolute atomic E-state index is 5.08. The lowest BCUT2D eigenvalue weighted by atomic mass is 9.67. The Balaban J connectivity index is 1.00. The smallest absolute Gasteiger partial charge is 0.169 e. The third-order valence-electron chi connectivity index (χ3n) is 12.1. The van der Waals surface area contributed by atoms with Gasteiger partial charge in [0.2, 0.25) is 0 Å². The number of hydrogen-bond acceptors (Lipinski definition) is 3. The first-order valence-corrected chi connectivity index (χ1v) is 18.6. The van der Waals surface area contributed by atoms with Gasteiger partial charge in [0.1, 0.15) is 11.7 Å². The maximum Gasteiger partial charge on any atom is 0.169 e. The highest BCUT2D eigenvalue weighted by molar-refractivity contribution is 6.15. The molecule has 51 heavy (non-hydrogen) atoms. The Morgan fingerprint density at radius 2 is 1.04 bits per heavy atom. The minimum Gasteiger partial charge on any atom is -0.324 e. The first-order chi connectivity index (χ1) is 25.0. The number of rotatable bonds is 4. The van der Waals surface area contributed by atoms with Gasteiger partial charge >= 0.3 is 0 Å². The molecule has 1 aliphatic heterocycles. The molecule has 1 spiro atoms. The molecule has 6 aromatic carbocycles. The lowest BCUT2D eigenvalue weighted by Crippen LogP contribution is -2.35. The SMILES string of the molecule is CC1(C)c2cc(-c3ccc(C4N=C(c5ccccc5)NC(c5ccccc5)=N4)cc3)ccc2-c2cc3c(cc21)C1(CCCCC1)c1ccccc1-3. The Bertz CT molecular complexity index is 2320. The van der Waals surface area contributed by atoms with E-state index in [1.807, 2.05) is 36.4 Å². The van der Waals surface area contributed by atoms with Crippen molar-refractivity contribution in [2.75, 3.05) is 0 Å².